The van der Waals surface area contributed by atoms with E-state index in [1.165, 1.54) is 6.20 Å². The van der Waals surface area contributed by atoms with Crippen LogP contribution in [0.15, 0.2) is 11.4 Å². The topological polar surface area (TPSA) is 126 Å². The average Bonchev–Trinajstić information content (AvgIpc) is 2.82. The first-order valence-corrected chi connectivity index (χ1v) is 5.57. The van der Waals surface area contributed by atoms with Crippen LogP contribution in [0.5, 0.6) is 0 Å². The third kappa shape index (κ3) is 4.06. The number of aromatic nitrogens is 2. The van der Waals surface area contributed by atoms with Crippen molar-refractivity contribution in [3.63, 3.8) is 0 Å². The van der Waals surface area contributed by atoms with Gasteiger partial charge in [0.25, 0.3) is 0 Å². The van der Waals surface area contributed by atoms with Crippen LogP contribution in [0.3, 0.4) is 0 Å². The van der Waals surface area contributed by atoms with Gasteiger partial charge in [-0.05, 0) is 6.42 Å². The number of carbonyl (C=O) groups is 1. The van der Waals surface area contributed by atoms with Crippen LogP contribution in [0.2, 0.25) is 0 Å². The summed E-state index contributed by atoms with van der Waals surface area (Å²) in [6.45, 7) is 2.98. The van der Waals surface area contributed by atoms with Gasteiger partial charge in [0.15, 0.2) is 5.84 Å². The Bertz CT molecular complexity index is 415. The van der Waals surface area contributed by atoms with E-state index >= 15 is 0 Å². The van der Waals surface area contributed by atoms with Crippen LogP contribution in [-0.4, -0.2) is 40.4 Å². The molecule has 0 unspecified atom stereocenters. The van der Waals surface area contributed by atoms with E-state index in [4.69, 9.17) is 15.7 Å². The number of nitrogens with two attached hydrogens (primary N) is 1. The van der Waals surface area contributed by atoms with E-state index in [1.807, 2.05) is 6.92 Å². The molecule has 18 heavy (non-hydrogen) atoms. The summed E-state index contributed by atoms with van der Waals surface area (Å²) in [5.41, 5.74) is 5.75. The minimum atomic E-state index is -0.234. The lowest BCUT2D eigenvalue weighted by atomic mass is 10.3. The van der Waals surface area contributed by atoms with Crippen LogP contribution >= 0.6 is 0 Å². The van der Waals surface area contributed by atoms with Gasteiger partial charge in [-0.15, -0.1) is 0 Å². The quantitative estimate of drug-likeness (QED) is 0.183. The number of rotatable bonds is 7. The zero-order valence-electron chi connectivity index (χ0n) is 10.1. The molecule has 0 bridgehead atoms. The molecular weight excluding hydrogens is 238 g/mol. The first-order valence-electron chi connectivity index (χ1n) is 5.57. The van der Waals surface area contributed by atoms with Gasteiger partial charge in [-0.25, -0.2) is 0 Å². The number of carbonyl (C=O) groups excluding carboxylic acids is 1. The SMILES string of the molecule is CCCOCCC(=O)Nc1[nH]ncc1C(N)=NO. The highest BCUT2D eigenvalue weighted by Gasteiger charge is 2.12. The van der Waals surface area contributed by atoms with Crippen molar-refractivity contribution in [2.24, 2.45) is 10.9 Å². The maximum absolute atomic E-state index is 11.6. The van der Waals surface area contributed by atoms with Crippen molar-refractivity contribution in [3.05, 3.63) is 11.8 Å². The second-order valence-corrected chi connectivity index (χ2v) is 3.55. The molecule has 1 heterocycles. The van der Waals surface area contributed by atoms with E-state index in [1.54, 1.807) is 0 Å². The first-order chi connectivity index (χ1) is 8.69. The van der Waals surface area contributed by atoms with Gasteiger partial charge in [-0.1, -0.05) is 12.1 Å². The monoisotopic (exact) mass is 255 g/mol. The number of nitrogens with one attached hydrogen (secondary N) is 2. The average molecular weight is 255 g/mol. The summed E-state index contributed by atoms with van der Waals surface area (Å²) < 4.78 is 5.20. The van der Waals surface area contributed by atoms with Gasteiger partial charge >= 0.3 is 0 Å². The molecular formula is C10H17N5O3. The Balaban J connectivity index is 2.47. The summed E-state index contributed by atoms with van der Waals surface area (Å²) in [7, 11) is 0. The molecule has 0 saturated carbocycles. The maximum Gasteiger partial charge on any atom is 0.227 e. The molecule has 5 N–H and O–H groups in total. The largest absolute Gasteiger partial charge is 0.409 e. The zero-order valence-corrected chi connectivity index (χ0v) is 10.1. The summed E-state index contributed by atoms with van der Waals surface area (Å²) >= 11 is 0. The van der Waals surface area contributed by atoms with Crippen LogP contribution in [0, 0.1) is 0 Å². The Morgan fingerprint density at radius 3 is 3.11 bits per heavy atom. The number of oxime groups is 1. The number of amidine groups is 1. The van der Waals surface area contributed by atoms with Crippen LogP contribution < -0.4 is 11.1 Å². The van der Waals surface area contributed by atoms with E-state index in [9.17, 15) is 4.79 Å². The Kier molecular flexibility index (Phi) is 5.65. The van der Waals surface area contributed by atoms with E-state index in [2.05, 4.69) is 20.7 Å². The van der Waals surface area contributed by atoms with E-state index in [0.717, 1.165) is 6.42 Å². The lowest BCUT2D eigenvalue weighted by Gasteiger charge is -2.05. The normalized spacial score (nSPS) is 11.5. The Morgan fingerprint density at radius 2 is 2.44 bits per heavy atom. The summed E-state index contributed by atoms with van der Waals surface area (Å²) in [6, 6.07) is 0. The highest BCUT2D eigenvalue weighted by molar-refractivity contribution is 6.04. The second kappa shape index (κ2) is 7.28. The van der Waals surface area contributed by atoms with Crippen LogP contribution in [0.4, 0.5) is 5.82 Å². The summed E-state index contributed by atoms with van der Waals surface area (Å²) in [5, 5.41) is 20.2. The van der Waals surface area contributed by atoms with Gasteiger partial charge in [-0.3, -0.25) is 9.89 Å². The minimum Gasteiger partial charge on any atom is -0.409 e. The molecule has 0 saturated heterocycles. The summed E-state index contributed by atoms with van der Waals surface area (Å²) in [4.78, 5) is 11.6. The maximum atomic E-state index is 11.6. The molecule has 1 aromatic heterocycles. The van der Waals surface area contributed by atoms with Gasteiger partial charge in [0.1, 0.15) is 5.82 Å². The van der Waals surface area contributed by atoms with Gasteiger partial charge < -0.3 is 21.0 Å². The fourth-order valence-corrected chi connectivity index (χ4v) is 1.24. The lowest BCUT2D eigenvalue weighted by Crippen LogP contribution is -2.19. The smallest absolute Gasteiger partial charge is 0.227 e. The second-order valence-electron chi connectivity index (χ2n) is 3.55. The number of hydrogen-bond donors (Lipinski definition) is 4. The Labute approximate surface area is 104 Å². The van der Waals surface area contributed by atoms with Gasteiger partial charge in [0.2, 0.25) is 5.91 Å². The molecule has 0 aliphatic heterocycles. The van der Waals surface area contributed by atoms with Crippen molar-refractivity contribution < 1.29 is 14.7 Å². The number of hydrogen-bond acceptors (Lipinski definition) is 5. The molecule has 1 amide bonds. The molecule has 0 radical (unpaired) electrons. The summed E-state index contributed by atoms with van der Waals surface area (Å²) in [5.74, 6) is -0.0607. The fourth-order valence-electron chi connectivity index (χ4n) is 1.24. The van der Waals surface area contributed by atoms with Crippen molar-refractivity contribution in [2.45, 2.75) is 19.8 Å². The molecule has 8 nitrogen and oxygen atoms in total. The first kappa shape index (κ1) is 14.0. The molecule has 0 atom stereocenters. The molecule has 100 valence electrons. The van der Waals surface area contributed by atoms with Gasteiger partial charge in [0, 0.05) is 6.61 Å². The standard InChI is InChI=1S/C10H17N5O3/c1-2-4-18-5-3-8(16)13-10-7(6-12-14-10)9(11)15-17/h6,17H,2-5H2,1H3,(H2,11,15)(H2,12,13,14,16). The fraction of sp³-hybridized carbons (Fsp3) is 0.500. The minimum absolute atomic E-state index is 0.124. The third-order valence-electron chi connectivity index (χ3n) is 2.11. The molecule has 0 fully saturated rings. The zero-order chi connectivity index (χ0) is 13.4. The lowest BCUT2D eigenvalue weighted by molar-refractivity contribution is -0.117. The highest BCUT2D eigenvalue weighted by atomic mass is 16.5. The van der Waals surface area contributed by atoms with Crippen LogP contribution in [0.25, 0.3) is 0 Å². The predicted molar refractivity (Wildman–Crippen MR) is 65.5 cm³/mol. The predicted octanol–water partition coefficient (Wildman–Crippen LogP) is 0.259. The number of anilines is 1. The number of aromatic amines is 1. The molecule has 1 aromatic rings. The van der Waals surface area contributed by atoms with Crippen LogP contribution in [-0.2, 0) is 9.53 Å². The number of nitrogens with zero attached hydrogens (tertiary/aromatic N) is 2. The number of amides is 1. The van der Waals surface area contributed by atoms with Crippen molar-refractivity contribution in [2.75, 3.05) is 18.5 Å². The summed E-state index contributed by atoms with van der Waals surface area (Å²) in [6.07, 6.45) is 2.50. The molecule has 0 aliphatic rings. The van der Waals surface area contributed by atoms with Crippen LogP contribution in [0.1, 0.15) is 25.3 Å². The van der Waals surface area contributed by atoms with Gasteiger partial charge in [0.05, 0.1) is 24.8 Å². The Morgan fingerprint density at radius 1 is 1.67 bits per heavy atom. The van der Waals surface area contributed by atoms with E-state index in [0.29, 0.717) is 24.6 Å². The van der Waals surface area contributed by atoms with E-state index < -0.39 is 0 Å². The molecule has 0 aliphatic carbocycles. The molecule has 0 spiro atoms. The van der Waals surface area contributed by atoms with E-state index in [-0.39, 0.29) is 18.2 Å². The number of ether oxygens (including phenoxy) is 1. The number of H-pyrrole nitrogens is 1. The van der Waals surface area contributed by atoms with Gasteiger partial charge in [-0.2, -0.15) is 5.10 Å². The van der Waals surface area contributed by atoms with Crippen molar-refractivity contribution in [1.29, 1.82) is 0 Å². The molecule has 8 heteroatoms. The molecule has 1 rings (SSSR count). The molecule has 0 aromatic carbocycles. The highest BCUT2D eigenvalue weighted by Crippen LogP contribution is 2.10. The third-order valence-corrected chi connectivity index (χ3v) is 2.11. The van der Waals surface area contributed by atoms with Crippen molar-refractivity contribution in [3.8, 4) is 0 Å². The van der Waals surface area contributed by atoms with Crippen molar-refractivity contribution >= 4 is 17.6 Å². The van der Waals surface area contributed by atoms with Crippen molar-refractivity contribution in [1.82, 2.24) is 10.2 Å². The Hall–Kier alpha value is -2.09.